The molecule has 39 heavy (non-hydrogen) atoms. The number of aromatic nitrogens is 4. The van der Waals surface area contributed by atoms with Gasteiger partial charge < -0.3 is 15.2 Å². The standard InChI is InChI=1S/C28H22ClF3N6O/c29-21-9-5-4-6-17(21)15-33-26-34-22-12-13-37(16-20(22)25(39)38(26)19-7-2-1-3-8-19)27-35-23-11-10-18(28(30,31)32)14-24(23)36-27/h1-11,14H,12-13,15-16H2,(H,33,34)(H,35,36). The summed E-state index contributed by atoms with van der Waals surface area (Å²) in [7, 11) is 0. The number of hydrogen-bond donors (Lipinski definition) is 2. The van der Waals surface area contributed by atoms with E-state index in [1.165, 1.54) is 10.6 Å². The van der Waals surface area contributed by atoms with Crippen LogP contribution in [0.4, 0.5) is 25.1 Å². The zero-order valence-electron chi connectivity index (χ0n) is 20.5. The number of anilines is 2. The maximum absolute atomic E-state index is 13.9. The summed E-state index contributed by atoms with van der Waals surface area (Å²) in [4.78, 5) is 28.0. The van der Waals surface area contributed by atoms with E-state index in [1.54, 1.807) is 6.07 Å². The number of hydrogen-bond acceptors (Lipinski definition) is 5. The number of alkyl halides is 3. The van der Waals surface area contributed by atoms with Crippen LogP contribution in [-0.2, 0) is 25.7 Å². The molecule has 6 rings (SSSR count). The van der Waals surface area contributed by atoms with Crippen molar-refractivity contribution < 1.29 is 13.2 Å². The zero-order chi connectivity index (χ0) is 27.1. The van der Waals surface area contributed by atoms with Gasteiger partial charge in [-0.05, 0) is 42.0 Å². The molecule has 0 fully saturated rings. The molecule has 0 bridgehead atoms. The molecule has 3 aromatic carbocycles. The summed E-state index contributed by atoms with van der Waals surface area (Å²) >= 11 is 6.33. The molecule has 2 aromatic heterocycles. The highest BCUT2D eigenvalue weighted by atomic mass is 35.5. The van der Waals surface area contributed by atoms with Crippen molar-refractivity contribution in [1.29, 1.82) is 0 Å². The molecule has 2 N–H and O–H groups in total. The summed E-state index contributed by atoms with van der Waals surface area (Å²) in [6.07, 6.45) is -3.98. The second-order valence-electron chi connectivity index (χ2n) is 9.24. The molecule has 7 nitrogen and oxygen atoms in total. The maximum Gasteiger partial charge on any atom is 0.416 e. The maximum atomic E-state index is 13.9. The van der Waals surface area contributed by atoms with Gasteiger partial charge >= 0.3 is 6.18 Å². The molecule has 0 aliphatic carbocycles. The number of para-hydroxylation sites is 1. The molecule has 1 aliphatic rings. The molecule has 11 heteroatoms. The third-order valence-electron chi connectivity index (χ3n) is 6.74. The smallest absolute Gasteiger partial charge is 0.351 e. The van der Waals surface area contributed by atoms with Crippen molar-refractivity contribution in [3.63, 3.8) is 0 Å². The van der Waals surface area contributed by atoms with Gasteiger partial charge in [-0.2, -0.15) is 13.2 Å². The highest BCUT2D eigenvalue weighted by Gasteiger charge is 2.31. The topological polar surface area (TPSA) is 78.8 Å². The molecule has 0 saturated heterocycles. The number of H-pyrrole nitrogens is 1. The van der Waals surface area contributed by atoms with Crippen LogP contribution in [0.1, 0.15) is 22.4 Å². The molecule has 0 saturated carbocycles. The Balaban J connectivity index is 1.36. The summed E-state index contributed by atoms with van der Waals surface area (Å²) < 4.78 is 41.0. The first-order valence-corrected chi connectivity index (χ1v) is 12.6. The lowest BCUT2D eigenvalue weighted by Crippen LogP contribution is -2.39. The first-order valence-electron chi connectivity index (χ1n) is 12.3. The van der Waals surface area contributed by atoms with E-state index in [-0.39, 0.29) is 17.6 Å². The average molecular weight is 551 g/mol. The number of halogens is 4. The summed E-state index contributed by atoms with van der Waals surface area (Å²) in [5.41, 5.74) is 2.42. The Morgan fingerprint density at radius 1 is 1.00 bits per heavy atom. The number of rotatable bonds is 5. The van der Waals surface area contributed by atoms with E-state index in [0.29, 0.717) is 58.9 Å². The fraction of sp³-hybridized carbons (Fsp3) is 0.179. The summed E-state index contributed by atoms with van der Waals surface area (Å²) in [6.45, 7) is 1.08. The summed E-state index contributed by atoms with van der Waals surface area (Å²) in [6, 6.07) is 20.1. The lowest BCUT2D eigenvalue weighted by Gasteiger charge is -2.28. The fourth-order valence-electron chi connectivity index (χ4n) is 4.73. The van der Waals surface area contributed by atoms with E-state index in [9.17, 15) is 18.0 Å². The van der Waals surface area contributed by atoms with Crippen LogP contribution < -0.4 is 15.8 Å². The molecule has 0 atom stereocenters. The predicted octanol–water partition coefficient (Wildman–Crippen LogP) is 5.96. The van der Waals surface area contributed by atoms with E-state index < -0.39 is 11.7 Å². The Kier molecular flexibility index (Phi) is 6.26. The molecule has 3 heterocycles. The Morgan fingerprint density at radius 3 is 2.54 bits per heavy atom. The van der Waals surface area contributed by atoms with Crippen LogP contribution in [0.25, 0.3) is 16.7 Å². The van der Waals surface area contributed by atoms with Crippen LogP contribution in [-0.4, -0.2) is 26.1 Å². The molecule has 0 spiro atoms. The number of nitrogens with zero attached hydrogens (tertiary/aromatic N) is 4. The Bertz CT molecular complexity index is 1730. The molecule has 0 unspecified atom stereocenters. The van der Waals surface area contributed by atoms with Gasteiger partial charge in [-0.25, -0.2) is 14.5 Å². The van der Waals surface area contributed by atoms with Crippen LogP contribution in [0.3, 0.4) is 0 Å². The highest BCUT2D eigenvalue weighted by molar-refractivity contribution is 6.31. The number of imidazole rings is 1. The van der Waals surface area contributed by atoms with Crippen LogP contribution in [0.2, 0.25) is 5.02 Å². The van der Waals surface area contributed by atoms with E-state index in [4.69, 9.17) is 16.6 Å². The van der Waals surface area contributed by atoms with Crippen LogP contribution in [0.15, 0.2) is 77.6 Å². The van der Waals surface area contributed by atoms with Gasteiger partial charge in [0, 0.05) is 24.5 Å². The molecule has 1 aliphatic heterocycles. The lowest BCUT2D eigenvalue weighted by atomic mass is 10.1. The summed E-state index contributed by atoms with van der Waals surface area (Å²) in [5.74, 6) is 0.809. The molecule has 198 valence electrons. The van der Waals surface area contributed by atoms with Crippen molar-refractivity contribution in [3.05, 3.63) is 111 Å². The minimum atomic E-state index is -4.45. The molecular formula is C28H22ClF3N6O. The molecule has 5 aromatic rings. The van der Waals surface area contributed by atoms with Crippen molar-refractivity contribution in [2.45, 2.75) is 25.7 Å². The predicted molar refractivity (Wildman–Crippen MR) is 144 cm³/mol. The normalized spacial score (nSPS) is 13.5. The van der Waals surface area contributed by atoms with Crippen molar-refractivity contribution in [2.24, 2.45) is 0 Å². The van der Waals surface area contributed by atoms with Crippen molar-refractivity contribution in [1.82, 2.24) is 19.5 Å². The van der Waals surface area contributed by atoms with E-state index in [1.807, 2.05) is 53.4 Å². The third-order valence-corrected chi connectivity index (χ3v) is 7.10. The van der Waals surface area contributed by atoms with Gasteiger partial charge in [0.1, 0.15) is 0 Å². The summed E-state index contributed by atoms with van der Waals surface area (Å²) in [5, 5.41) is 3.89. The van der Waals surface area contributed by atoms with Gasteiger partial charge in [-0.15, -0.1) is 0 Å². The second-order valence-corrected chi connectivity index (χ2v) is 9.65. The third kappa shape index (κ3) is 4.83. The largest absolute Gasteiger partial charge is 0.416 e. The van der Waals surface area contributed by atoms with Gasteiger partial charge in [0.15, 0.2) is 0 Å². The van der Waals surface area contributed by atoms with Gasteiger partial charge in [0.25, 0.3) is 5.56 Å². The average Bonchev–Trinajstić information content (AvgIpc) is 3.36. The molecule has 0 amide bonds. The lowest BCUT2D eigenvalue weighted by molar-refractivity contribution is -0.137. The Labute approximate surface area is 225 Å². The number of aromatic amines is 1. The van der Waals surface area contributed by atoms with Crippen LogP contribution in [0, 0.1) is 0 Å². The molecule has 0 radical (unpaired) electrons. The minimum absolute atomic E-state index is 0.213. The van der Waals surface area contributed by atoms with Crippen LogP contribution >= 0.6 is 11.6 Å². The molecular weight excluding hydrogens is 529 g/mol. The van der Waals surface area contributed by atoms with Gasteiger partial charge in [0.2, 0.25) is 11.9 Å². The second kappa shape index (κ2) is 9.77. The van der Waals surface area contributed by atoms with E-state index in [0.717, 1.165) is 17.7 Å². The monoisotopic (exact) mass is 550 g/mol. The quantitative estimate of drug-likeness (QED) is 0.282. The number of benzene rings is 3. The van der Waals surface area contributed by atoms with Gasteiger partial charge in [-0.3, -0.25) is 4.79 Å². The highest BCUT2D eigenvalue weighted by Crippen LogP contribution is 2.32. The first-order chi connectivity index (χ1) is 18.8. The van der Waals surface area contributed by atoms with Crippen molar-refractivity contribution in [2.75, 3.05) is 16.8 Å². The fourth-order valence-corrected chi connectivity index (χ4v) is 4.93. The Morgan fingerprint density at radius 2 is 1.77 bits per heavy atom. The Hall–Kier alpha value is -4.31. The zero-order valence-corrected chi connectivity index (χ0v) is 21.2. The van der Waals surface area contributed by atoms with Gasteiger partial charge in [0.05, 0.1) is 40.1 Å². The number of nitrogens with one attached hydrogen (secondary N) is 2. The van der Waals surface area contributed by atoms with Crippen LogP contribution in [0.5, 0.6) is 0 Å². The first kappa shape index (κ1) is 25.0. The SMILES string of the molecule is O=c1c2c(nc(NCc3ccccc3Cl)n1-c1ccccc1)CCN(c1nc3ccc(C(F)(F)F)cc3[nH]1)C2. The van der Waals surface area contributed by atoms with E-state index >= 15 is 0 Å². The number of fused-ring (bicyclic) bond motifs is 2. The van der Waals surface area contributed by atoms with Crippen molar-refractivity contribution in [3.8, 4) is 5.69 Å². The minimum Gasteiger partial charge on any atom is -0.351 e. The van der Waals surface area contributed by atoms with E-state index in [2.05, 4.69) is 15.3 Å². The van der Waals surface area contributed by atoms with Gasteiger partial charge in [-0.1, -0.05) is 48.0 Å². The van der Waals surface area contributed by atoms with Crippen molar-refractivity contribution >= 4 is 34.5 Å².